The van der Waals surface area contributed by atoms with Gasteiger partial charge in [0.2, 0.25) is 0 Å². The van der Waals surface area contributed by atoms with E-state index in [1.165, 1.54) is 25.7 Å². The number of hydrogen-bond donors (Lipinski definition) is 0. The van der Waals surface area contributed by atoms with Gasteiger partial charge < -0.3 is 1.43 Å². The molecule has 0 saturated heterocycles. The van der Waals surface area contributed by atoms with E-state index in [1.807, 2.05) is 0 Å². The molecule has 0 aromatic carbocycles. The van der Waals surface area contributed by atoms with E-state index < -0.39 is 15.8 Å². The van der Waals surface area contributed by atoms with E-state index in [-0.39, 0.29) is 1.43 Å². The van der Waals surface area contributed by atoms with Crippen LogP contribution in [-0.4, -0.2) is 15.8 Å². The SMILES string of the molecule is CCC[CH2][SnH]([I])[CH2]CCC.[H-]. The van der Waals surface area contributed by atoms with Crippen LogP contribution >= 0.6 is 18.6 Å². The molecule has 64 valence electrons. The zero-order chi connectivity index (χ0) is 7.82. The zero-order valence-electron chi connectivity index (χ0n) is 8.20. The monoisotopic (exact) mass is 363 g/mol. The van der Waals surface area contributed by atoms with Crippen molar-refractivity contribution in [2.24, 2.45) is 0 Å². The summed E-state index contributed by atoms with van der Waals surface area (Å²) in [6.07, 6.45) is 5.83. The summed E-state index contributed by atoms with van der Waals surface area (Å²) in [5, 5.41) is 0. The molecule has 0 atom stereocenters. The summed E-state index contributed by atoms with van der Waals surface area (Å²) in [6.45, 7) is 4.60. The third-order valence-electron chi connectivity index (χ3n) is 1.74. The third-order valence-corrected chi connectivity index (χ3v) is 16.0. The predicted octanol–water partition coefficient (Wildman–Crippen LogP) is 3.86. The topological polar surface area (TPSA) is 0 Å². The molecule has 0 amide bonds. The van der Waals surface area contributed by atoms with Gasteiger partial charge in [-0.25, -0.2) is 0 Å². The van der Waals surface area contributed by atoms with Crippen LogP contribution in [0.1, 0.15) is 41.0 Å². The minimum Gasteiger partial charge on any atom is -1.00 e. The van der Waals surface area contributed by atoms with Gasteiger partial charge in [-0.3, -0.25) is 0 Å². The average molecular weight is 362 g/mol. The van der Waals surface area contributed by atoms with Crippen LogP contribution in [0, 0.1) is 0 Å². The number of rotatable bonds is 6. The average Bonchev–Trinajstić information content (AvgIpc) is 1.97. The van der Waals surface area contributed by atoms with Gasteiger partial charge in [0.25, 0.3) is 0 Å². The van der Waals surface area contributed by atoms with Crippen molar-refractivity contribution < 1.29 is 1.43 Å². The van der Waals surface area contributed by atoms with Crippen molar-refractivity contribution in [3.63, 3.8) is 0 Å². The van der Waals surface area contributed by atoms with Crippen LogP contribution in [0.25, 0.3) is 0 Å². The van der Waals surface area contributed by atoms with E-state index in [4.69, 9.17) is 0 Å². The standard InChI is InChI=1S/2C4H9.HI.Sn.2H/c2*1-3-4-2;;;;/h2*1,3-4H2,2H3;1H;;;/q;;;+1;;-1/p-1. The molecule has 0 aromatic heterocycles. The van der Waals surface area contributed by atoms with Crippen molar-refractivity contribution in [2.75, 3.05) is 0 Å². The Morgan fingerprint density at radius 1 is 1.10 bits per heavy atom. The zero-order valence-corrected chi connectivity index (χ0v) is 12.7. The van der Waals surface area contributed by atoms with Gasteiger partial charge in [0.15, 0.2) is 0 Å². The molecule has 0 aromatic rings. The van der Waals surface area contributed by atoms with Gasteiger partial charge in [0.05, 0.1) is 0 Å². The van der Waals surface area contributed by atoms with Gasteiger partial charge >= 0.3 is 82.8 Å². The molecular formula is C8H20ISn-. The fourth-order valence-corrected chi connectivity index (χ4v) is 12.6. The van der Waals surface area contributed by atoms with Crippen molar-refractivity contribution in [1.29, 1.82) is 0 Å². The van der Waals surface area contributed by atoms with E-state index in [9.17, 15) is 0 Å². The second-order valence-electron chi connectivity index (χ2n) is 2.88. The third kappa shape index (κ3) is 7.63. The number of halogens is 1. The second kappa shape index (κ2) is 8.62. The molecule has 0 saturated carbocycles. The summed E-state index contributed by atoms with van der Waals surface area (Å²) in [7, 11) is 0. The van der Waals surface area contributed by atoms with Crippen molar-refractivity contribution in [2.45, 2.75) is 48.4 Å². The van der Waals surface area contributed by atoms with Gasteiger partial charge in [-0.1, -0.05) is 0 Å². The predicted molar refractivity (Wildman–Crippen MR) is 61.7 cm³/mol. The van der Waals surface area contributed by atoms with Gasteiger partial charge in [0, 0.05) is 0 Å². The molecular weight excluding hydrogens is 342 g/mol. The van der Waals surface area contributed by atoms with Crippen LogP contribution in [0.2, 0.25) is 8.87 Å². The summed E-state index contributed by atoms with van der Waals surface area (Å²) in [5.41, 5.74) is 0. The van der Waals surface area contributed by atoms with Crippen molar-refractivity contribution in [3.05, 3.63) is 0 Å². The Morgan fingerprint density at radius 3 is 1.80 bits per heavy atom. The number of hydrogen-bond acceptors (Lipinski definition) is 0. The van der Waals surface area contributed by atoms with E-state index in [1.54, 1.807) is 8.87 Å². The van der Waals surface area contributed by atoms with Gasteiger partial charge in [-0.2, -0.15) is 0 Å². The van der Waals surface area contributed by atoms with Crippen molar-refractivity contribution >= 4 is 34.4 Å². The second-order valence-corrected chi connectivity index (χ2v) is 21.4. The molecule has 0 N–H and O–H groups in total. The van der Waals surface area contributed by atoms with Gasteiger partial charge in [-0.05, 0) is 0 Å². The van der Waals surface area contributed by atoms with E-state index >= 15 is 0 Å². The summed E-state index contributed by atoms with van der Waals surface area (Å²) >= 11 is 1.91. The summed E-state index contributed by atoms with van der Waals surface area (Å²) in [6, 6.07) is 0. The Morgan fingerprint density at radius 2 is 1.50 bits per heavy atom. The smallest absolute Gasteiger partial charge is 1.00 e. The quantitative estimate of drug-likeness (QED) is 0.498. The minimum atomic E-state index is -0.887. The maximum atomic E-state index is 2.80. The van der Waals surface area contributed by atoms with E-state index in [2.05, 4.69) is 32.5 Å². The molecule has 10 heavy (non-hydrogen) atoms. The Balaban J connectivity index is 0. The molecule has 0 radical (unpaired) electrons. The molecule has 0 aliphatic heterocycles. The molecule has 0 bridgehead atoms. The van der Waals surface area contributed by atoms with Crippen LogP contribution in [0.4, 0.5) is 0 Å². The van der Waals surface area contributed by atoms with Gasteiger partial charge in [0.1, 0.15) is 0 Å². The first-order valence-electron chi connectivity index (χ1n) is 4.45. The molecule has 0 rings (SSSR count). The molecule has 0 aliphatic rings. The maximum absolute atomic E-state index is 2.80. The molecule has 2 heteroatoms. The van der Waals surface area contributed by atoms with E-state index in [0.29, 0.717) is 0 Å². The van der Waals surface area contributed by atoms with Crippen LogP contribution in [-0.2, 0) is 0 Å². The first-order chi connectivity index (χ1) is 4.81. The fraction of sp³-hybridized carbons (Fsp3) is 1.00. The normalized spacial score (nSPS) is 10.8. The van der Waals surface area contributed by atoms with Crippen molar-refractivity contribution in [3.8, 4) is 0 Å². The maximum Gasteiger partial charge on any atom is -1.00 e. The summed E-state index contributed by atoms with van der Waals surface area (Å²) in [4.78, 5) is 0. The Kier molecular flexibility index (Phi) is 9.94. The molecule has 0 unspecified atom stereocenters. The summed E-state index contributed by atoms with van der Waals surface area (Å²) < 4.78 is 3.28. The van der Waals surface area contributed by atoms with Crippen LogP contribution in [0.3, 0.4) is 0 Å². The molecule has 0 nitrogen and oxygen atoms in total. The number of unbranched alkanes of at least 4 members (excludes halogenated alkanes) is 2. The first-order valence-corrected chi connectivity index (χ1v) is 18.7. The van der Waals surface area contributed by atoms with Crippen LogP contribution in [0.15, 0.2) is 0 Å². The van der Waals surface area contributed by atoms with E-state index in [0.717, 1.165) is 0 Å². The Hall–Kier alpha value is 1.53. The largest absolute Gasteiger partial charge is 1.00 e. The van der Waals surface area contributed by atoms with Crippen LogP contribution in [0.5, 0.6) is 0 Å². The first kappa shape index (κ1) is 11.5. The van der Waals surface area contributed by atoms with Crippen LogP contribution < -0.4 is 0 Å². The fourth-order valence-electron chi connectivity index (χ4n) is 0.996. The van der Waals surface area contributed by atoms with Gasteiger partial charge in [-0.15, -0.1) is 0 Å². The molecule has 0 aliphatic carbocycles. The Bertz CT molecular complexity index is 63.1. The van der Waals surface area contributed by atoms with Crippen molar-refractivity contribution in [1.82, 2.24) is 0 Å². The molecule has 0 heterocycles. The molecule has 0 fully saturated rings. The molecule has 0 spiro atoms. The summed E-state index contributed by atoms with van der Waals surface area (Å²) in [5.74, 6) is 0. The Labute approximate surface area is 83.6 Å². The minimum absolute atomic E-state index is 0.